The summed E-state index contributed by atoms with van der Waals surface area (Å²) in [6, 6.07) is 11.9. The molecule has 4 N–H and O–H groups in total. The van der Waals surface area contributed by atoms with Gasteiger partial charge in [-0.2, -0.15) is 4.99 Å². The maximum atomic E-state index is 13.5. The maximum Gasteiger partial charge on any atom is 0.253 e. The second-order valence-corrected chi connectivity index (χ2v) is 4.72. The Morgan fingerprint density at radius 2 is 1.86 bits per heavy atom. The fraction of sp³-hybridized carbons (Fsp3) is 0.125. The highest BCUT2D eigenvalue weighted by Gasteiger charge is 2.11. The van der Waals surface area contributed by atoms with Crippen LogP contribution in [0.2, 0.25) is 0 Å². The van der Waals surface area contributed by atoms with Crippen LogP contribution in [0.3, 0.4) is 0 Å². The molecule has 0 saturated carbocycles. The van der Waals surface area contributed by atoms with Gasteiger partial charge in [-0.3, -0.25) is 4.79 Å². The molecule has 0 fully saturated rings. The Morgan fingerprint density at radius 3 is 2.57 bits per heavy atom. The van der Waals surface area contributed by atoms with E-state index in [1.165, 1.54) is 12.1 Å². The van der Waals surface area contributed by atoms with Crippen LogP contribution >= 0.6 is 0 Å². The van der Waals surface area contributed by atoms with E-state index in [-0.39, 0.29) is 18.2 Å². The van der Waals surface area contributed by atoms with Crippen LogP contribution in [0.15, 0.2) is 47.5 Å². The molecule has 2 aromatic carbocycles. The average Bonchev–Trinajstić information content (AvgIpc) is 2.41. The molecule has 0 aliphatic rings. The minimum absolute atomic E-state index is 0.0596. The summed E-state index contributed by atoms with van der Waals surface area (Å²) in [6.45, 7) is 1.89. The molecule has 1 amide bonds. The summed E-state index contributed by atoms with van der Waals surface area (Å²) < 4.78 is 13.5. The Kier molecular flexibility index (Phi) is 4.33. The van der Waals surface area contributed by atoms with Gasteiger partial charge in [0.1, 0.15) is 5.82 Å². The van der Waals surface area contributed by atoms with Crippen molar-refractivity contribution in [2.45, 2.75) is 13.3 Å². The largest absolute Gasteiger partial charge is 0.370 e. The van der Waals surface area contributed by atoms with E-state index in [1.54, 1.807) is 12.1 Å². The molecule has 0 bridgehead atoms. The van der Waals surface area contributed by atoms with Crippen molar-refractivity contribution in [3.8, 4) is 11.1 Å². The number of rotatable bonds is 3. The SMILES string of the molecule is Cc1ccc(F)cc1-c1ccccc1CC(=O)N=C(N)N. The fourth-order valence-corrected chi connectivity index (χ4v) is 2.17. The Balaban J connectivity index is 2.44. The number of halogens is 1. The van der Waals surface area contributed by atoms with Gasteiger partial charge in [-0.1, -0.05) is 30.3 Å². The van der Waals surface area contributed by atoms with Crippen molar-refractivity contribution in [2.24, 2.45) is 16.5 Å². The molecular weight excluding hydrogens is 269 g/mol. The lowest BCUT2D eigenvalue weighted by Gasteiger charge is -2.11. The van der Waals surface area contributed by atoms with Crippen LogP contribution < -0.4 is 11.5 Å². The van der Waals surface area contributed by atoms with E-state index in [2.05, 4.69) is 4.99 Å². The van der Waals surface area contributed by atoms with Crippen molar-refractivity contribution in [1.29, 1.82) is 0 Å². The zero-order valence-corrected chi connectivity index (χ0v) is 11.6. The first kappa shape index (κ1) is 14.7. The van der Waals surface area contributed by atoms with Crippen LogP contribution in [0.4, 0.5) is 4.39 Å². The molecule has 4 nitrogen and oxygen atoms in total. The summed E-state index contributed by atoms with van der Waals surface area (Å²) in [5.74, 6) is -1.02. The zero-order chi connectivity index (χ0) is 15.4. The number of carbonyl (C=O) groups is 1. The molecule has 0 radical (unpaired) electrons. The molecule has 0 aromatic heterocycles. The second-order valence-electron chi connectivity index (χ2n) is 4.72. The average molecular weight is 285 g/mol. The zero-order valence-electron chi connectivity index (χ0n) is 11.6. The van der Waals surface area contributed by atoms with E-state index < -0.39 is 5.91 Å². The number of guanidine groups is 1. The molecule has 0 unspecified atom stereocenters. The first-order valence-electron chi connectivity index (χ1n) is 6.44. The van der Waals surface area contributed by atoms with E-state index in [4.69, 9.17) is 11.5 Å². The van der Waals surface area contributed by atoms with Crippen LogP contribution in [0.1, 0.15) is 11.1 Å². The van der Waals surface area contributed by atoms with Gasteiger partial charge in [0, 0.05) is 0 Å². The smallest absolute Gasteiger partial charge is 0.253 e. The predicted molar refractivity (Wildman–Crippen MR) is 81.1 cm³/mol. The highest BCUT2D eigenvalue weighted by molar-refractivity contribution is 5.93. The van der Waals surface area contributed by atoms with Crippen molar-refractivity contribution in [3.05, 3.63) is 59.4 Å². The Hall–Kier alpha value is -2.69. The molecule has 5 heteroatoms. The highest BCUT2D eigenvalue weighted by atomic mass is 19.1. The third-order valence-corrected chi connectivity index (χ3v) is 3.10. The van der Waals surface area contributed by atoms with Gasteiger partial charge in [-0.25, -0.2) is 4.39 Å². The van der Waals surface area contributed by atoms with Gasteiger partial charge in [0.15, 0.2) is 5.96 Å². The van der Waals surface area contributed by atoms with Crippen LogP contribution in [0.5, 0.6) is 0 Å². The van der Waals surface area contributed by atoms with Crippen LogP contribution in [0.25, 0.3) is 11.1 Å². The van der Waals surface area contributed by atoms with Crippen molar-refractivity contribution in [1.82, 2.24) is 0 Å². The molecule has 2 rings (SSSR count). The van der Waals surface area contributed by atoms with Crippen LogP contribution in [-0.4, -0.2) is 11.9 Å². The number of amides is 1. The van der Waals surface area contributed by atoms with Gasteiger partial charge in [-0.05, 0) is 41.3 Å². The Labute approximate surface area is 122 Å². The first-order valence-corrected chi connectivity index (χ1v) is 6.44. The van der Waals surface area contributed by atoms with E-state index >= 15 is 0 Å². The van der Waals surface area contributed by atoms with Gasteiger partial charge < -0.3 is 11.5 Å². The van der Waals surface area contributed by atoms with Gasteiger partial charge >= 0.3 is 0 Å². The van der Waals surface area contributed by atoms with Crippen molar-refractivity contribution >= 4 is 11.9 Å². The summed E-state index contributed by atoms with van der Waals surface area (Å²) in [7, 11) is 0. The molecular formula is C16H16FN3O. The molecule has 0 heterocycles. The molecule has 0 atom stereocenters. The monoisotopic (exact) mass is 285 g/mol. The molecule has 21 heavy (non-hydrogen) atoms. The van der Waals surface area contributed by atoms with E-state index in [0.717, 1.165) is 22.3 Å². The number of nitrogens with zero attached hydrogens (tertiary/aromatic N) is 1. The third kappa shape index (κ3) is 3.66. The topological polar surface area (TPSA) is 81.5 Å². The lowest BCUT2D eigenvalue weighted by Crippen LogP contribution is -2.24. The number of aliphatic imine (C=N–C) groups is 1. The van der Waals surface area contributed by atoms with Crippen molar-refractivity contribution in [2.75, 3.05) is 0 Å². The molecule has 0 saturated heterocycles. The summed E-state index contributed by atoms with van der Waals surface area (Å²) in [6.07, 6.45) is 0.0596. The fourth-order valence-electron chi connectivity index (χ4n) is 2.17. The van der Waals surface area contributed by atoms with Gasteiger partial charge in [-0.15, -0.1) is 0 Å². The quantitative estimate of drug-likeness (QED) is 0.669. The van der Waals surface area contributed by atoms with Crippen LogP contribution in [0, 0.1) is 12.7 Å². The molecule has 108 valence electrons. The summed E-state index contributed by atoms with van der Waals surface area (Å²) >= 11 is 0. The summed E-state index contributed by atoms with van der Waals surface area (Å²) in [5.41, 5.74) is 13.6. The Bertz CT molecular complexity index is 706. The van der Waals surface area contributed by atoms with E-state index in [0.29, 0.717) is 0 Å². The normalized spacial score (nSPS) is 10.2. The first-order chi connectivity index (χ1) is 9.97. The molecule has 0 spiro atoms. The number of hydrogen-bond donors (Lipinski definition) is 2. The second kappa shape index (κ2) is 6.17. The highest BCUT2D eigenvalue weighted by Crippen LogP contribution is 2.28. The molecule has 0 aliphatic carbocycles. The predicted octanol–water partition coefficient (Wildman–Crippen LogP) is 2.14. The maximum absolute atomic E-state index is 13.5. The van der Waals surface area contributed by atoms with Gasteiger partial charge in [0.05, 0.1) is 6.42 Å². The molecule has 2 aromatic rings. The summed E-state index contributed by atoms with van der Waals surface area (Å²) in [5, 5.41) is 0. The van der Waals surface area contributed by atoms with E-state index in [9.17, 15) is 9.18 Å². The van der Waals surface area contributed by atoms with Crippen LogP contribution in [-0.2, 0) is 11.2 Å². The van der Waals surface area contributed by atoms with Crippen molar-refractivity contribution < 1.29 is 9.18 Å². The number of aryl methyl sites for hydroxylation is 1. The number of hydrogen-bond acceptors (Lipinski definition) is 1. The number of carbonyl (C=O) groups excluding carboxylic acids is 1. The minimum Gasteiger partial charge on any atom is -0.370 e. The Morgan fingerprint density at radius 1 is 1.14 bits per heavy atom. The number of benzene rings is 2. The third-order valence-electron chi connectivity index (χ3n) is 3.10. The number of nitrogens with two attached hydrogens (primary N) is 2. The summed E-state index contributed by atoms with van der Waals surface area (Å²) in [4.78, 5) is 15.2. The standard InChI is InChI=1S/C16H16FN3O/c1-10-6-7-12(17)9-14(10)13-5-3-2-4-11(13)8-15(21)20-16(18)19/h2-7,9H,8H2,1H3,(H4,18,19,20,21). The van der Waals surface area contributed by atoms with E-state index in [1.807, 2.05) is 25.1 Å². The molecule has 0 aliphatic heterocycles. The van der Waals surface area contributed by atoms with Gasteiger partial charge in [0.2, 0.25) is 0 Å². The lowest BCUT2D eigenvalue weighted by molar-refractivity contribution is -0.117. The lowest BCUT2D eigenvalue weighted by atomic mass is 9.94. The minimum atomic E-state index is -0.434. The van der Waals surface area contributed by atoms with Crippen molar-refractivity contribution in [3.63, 3.8) is 0 Å². The van der Waals surface area contributed by atoms with Gasteiger partial charge in [0.25, 0.3) is 5.91 Å².